The molecule has 0 aliphatic carbocycles. The molecular weight excluding hydrogens is 528 g/mol. The van der Waals surface area contributed by atoms with E-state index in [9.17, 15) is 17.7 Å². The van der Waals surface area contributed by atoms with Crippen molar-refractivity contribution in [1.29, 1.82) is 0 Å². The number of benzene rings is 2. The summed E-state index contributed by atoms with van der Waals surface area (Å²) in [6.45, 7) is 4.81. The number of hydrogen-bond donors (Lipinski definition) is 1. The Morgan fingerprint density at radius 2 is 1.79 bits per heavy atom. The highest BCUT2D eigenvalue weighted by molar-refractivity contribution is 7.70. The molecule has 2 aromatic heterocycles. The predicted octanol–water partition coefficient (Wildman–Crippen LogP) is 5.52. The van der Waals surface area contributed by atoms with Crippen molar-refractivity contribution < 1.29 is 22.5 Å². The van der Waals surface area contributed by atoms with Crippen LogP contribution in [0.4, 0.5) is 30.5 Å². The minimum Gasteiger partial charge on any atom is -0.403 e. The Hall–Kier alpha value is -3.56. The molecule has 0 radical (unpaired) electrons. The van der Waals surface area contributed by atoms with E-state index in [0.29, 0.717) is 17.9 Å². The van der Waals surface area contributed by atoms with Gasteiger partial charge in [0.1, 0.15) is 7.14 Å². The van der Waals surface area contributed by atoms with E-state index in [0.717, 1.165) is 28.3 Å². The molecular formula is C27H32F3N6O2P. The van der Waals surface area contributed by atoms with Crippen LogP contribution in [0, 0.1) is 0 Å². The van der Waals surface area contributed by atoms with Crippen molar-refractivity contribution in [3.63, 3.8) is 0 Å². The van der Waals surface area contributed by atoms with Crippen LogP contribution in [-0.4, -0.2) is 73.4 Å². The number of nitrogens with one attached hydrogen (secondary N) is 1. The summed E-state index contributed by atoms with van der Waals surface area (Å²) in [5.41, 5.74) is 2.96. The standard InChI is InChI=1S/C27H32F3N6O2P/c1-34(2)13-14-35(3)18-7-10-23(25(15-18)38-27(28,29)30)33-26-31-12-11-22(32-26)21-17-36(4)24-16-19(39(5,6)37)8-9-20(21)24/h7-12,15-17H,13-14H2,1-6H3,(H,31,32,33). The van der Waals surface area contributed by atoms with E-state index in [4.69, 9.17) is 0 Å². The molecule has 4 rings (SSSR count). The molecule has 0 saturated carbocycles. The second-order valence-corrected chi connectivity index (χ2v) is 13.3. The van der Waals surface area contributed by atoms with Gasteiger partial charge in [-0.05, 0) is 51.7 Å². The van der Waals surface area contributed by atoms with Crippen molar-refractivity contribution >= 4 is 40.7 Å². The molecule has 8 nitrogen and oxygen atoms in total. The van der Waals surface area contributed by atoms with E-state index >= 15 is 0 Å². The molecule has 1 N–H and O–H groups in total. The molecule has 4 aromatic rings. The molecule has 0 amide bonds. The van der Waals surface area contributed by atoms with E-state index in [1.807, 2.05) is 67.0 Å². The van der Waals surface area contributed by atoms with Crippen molar-refractivity contribution in [1.82, 2.24) is 19.4 Å². The Balaban J connectivity index is 1.67. The summed E-state index contributed by atoms with van der Waals surface area (Å²) in [4.78, 5) is 12.6. The zero-order valence-electron chi connectivity index (χ0n) is 22.7. The zero-order chi connectivity index (χ0) is 28.5. The van der Waals surface area contributed by atoms with E-state index in [2.05, 4.69) is 20.0 Å². The lowest BCUT2D eigenvalue weighted by Crippen LogP contribution is -2.28. The van der Waals surface area contributed by atoms with Crippen molar-refractivity contribution in [2.24, 2.45) is 7.05 Å². The van der Waals surface area contributed by atoms with Crippen LogP contribution in [0.15, 0.2) is 54.9 Å². The molecule has 2 aromatic carbocycles. The van der Waals surface area contributed by atoms with E-state index in [1.54, 1.807) is 25.5 Å². The number of hydrogen-bond acceptors (Lipinski definition) is 7. The third kappa shape index (κ3) is 6.91. The second-order valence-electron chi connectivity index (χ2n) is 10.0. The van der Waals surface area contributed by atoms with Gasteiger partial charge in [-0.3, -0.25) is 0 Å². The second kappa shape index (κ2) is 10.9. The van der Waals surface area contributed by atoms with Gasteiger partial charge in [0.25, 0.3) is 0 Å². The quantitative estimate of drug-likeness (QED) is 0.270. The van der Waals surface area contributed by atoms with Crippen molar-refractivity contribution in [2.75, 3.05) is 57.8 Å². The molecule has 39 heavy (non-hydrogen) atoms. The first kappa shape index (κ1) is 28.4. The molecule has 12 heteroatoms. The van der Waals surface area contributed by atoms with Gasteiger partial charge in [0.05, 0.1) is 11.4 Å². The molecule has 2 heterocycles. The first-order valence-electron chi connectivity index (χ1n) is 12.2. The fraction of sp³-hybridized carbons (Fsp3) is 0.333. The summed E-state index contributed by atoms with van der Waals surface area (Å²) in [5, 5.41) is 4.57. The fourth-order valence-corrected chi connectivity index (χ4v) is 5.01. The van der Waals surface area contributed by atoms with Gasteiger partial charge in [0, 0.05) is 73.1 Å². The number of anilines is 3. The Morgan fingerprint density at radius 1 is 1.05 bits per heavy atom. The molecule has 0 unspecified atom stereocenters. The highest BCUT2D eigenvalue weighted by Gasteiger charge is 2.32. The molecule has 0 aliphatic rings. The van der Waals surface area contributed by atoms with Crippen LogP contribution >= 0.6 is 7.14 Å². The van der Waals surface area contributed by atoms with Crippen LogP contribution in [0.5, 0.6) is 5.75 Å². The van der Waals surface area contributed by atoms with Crippen molar-refractivity contribution in [2.45, 2.75) is 6.36 Å². The zero-order valence-corrected chi connectivity index (χ0v) is 23.6. The van der Waals surface area contributed by atoms with Crippen LogP contribution < -0.4 is 20.3 Å². The molecule has 208 valence electrons. The van der Waals surface area contributed by atoms with Gasteiger partial charge in [-0.1, -0.05) is 12.1 Å². The Morgan fingerprint density at radius 3 is 2.46 bits per heavy atom. The van der Waals surface area contributed by atoms with Gasteiger partial charge in [-0.15, -0.1) is 13.2 Å². The number of ether oxygens (including phenoxy) is 1. The number of aromatic nitrogens is 3. The lowest BCUT2D eigenvalue weighted by Gasteiger charge is -2.23. The number of fused-ring (bicyclic) bond motifs is 1. The minimum atomic E-state index is -4.87. The summed E-state index contributed by atoms with van der Waals surface area (Å²) < 4.78 is 58.7. The van der Waals surface area contributed by atoms with Gasteiger partial charge >= 0.3 is 6.36 Å². The molecule has 0 aliphatic heterocycles. The van der Waals surface area contributed by atoms with Crippen LogP contribution in [0.1, 0.15) is 0 Å². The molecule has 0 saturated heterocycles. The molecule has 0 bridgehead atoms. The Kier molecular flexibility index (Phi) is 7.95. The normalized spacial score (nSPS) is 12.3. The maximum absolute atomic E-state index is 13.3. The van der Waals surface area contributed by atoms with Crippen LogP contribution in [-0.2, 0) is 11.6 Å². The monoisotopic (exact) mass is 560 g/mol. The summed E-state index contributed by atoms with van der Waals surface area (Å²) >= 11 is 0. The minimum absolute atomic E-state index is 0.0819. The number of aryl methyl sites for hydroxylation is 1. The summed E-state index contributed by atoms with van der Waals surface area (Å²) in [6.07, 6.45) is -1.42. The topological polar surface area (TPSA) is 75.5 Å². The highest BCUT2D eigenvalue weighted by atomic mass is 31.2. The van der Waals surface area contributed by atoms with Gasteiger partial charge in [-0.2, -0.15) is 0 Å². The van der Waals surface area contributed by atoms with Crippen molar-refractivity contribution in [3.05, 3.63) is 54.9 Å². The van der Waals surface area contributed by atoms with E-state index in [-0.39, 0.29) is 17.4 Å². The number of halogens is 3. The number of nitrogens with zero attached hydrogens (tertiary/aromatic N) is 5. The fourth-order valence-electron chi connectivity index (χ4n) is 4.14. The van der Waals surface area contributed by atoms with Crippen molar-refractivity contribution in [3.8, 4) is 17.0 Å². The molecule has 0 fully saturated rings. The average molecular weight is 561 g/mol. The number of alkyl halides is 3. The smallest absolute Gasteiger partial charge is 0.403 e. The van der Waals surface area contributed by atoms with E-state index in [1.165, 1.54) is 18.3 Å². The average Bonchev–Trinajstić information content (AvgIpc) is 3.18. The summed E-state index contributed by atoms with van der Waals surface area (Å²) in [7, 11) is 5.12. The summed E-state index contributed by atoms with van der Waals surface area (Å²) in [6, 6.07) is 12.0. The third-order valence-corrected chi connectivity index (χ3v) is 7.81. The number of likely N-dealkylation sites (N-methyl/N-ethyl adjacent to an activating group) is 2. The lowest BCUT2D eigenvalue weighted by atomic mass is 10.1. The van der Waals surface area contributed by atoms with Gasteiger partial charge in [-0.25, -0.2) is 9.97 Å². The molecule has 0 spiro atoms. The third-order valence-electron chi connectivity index (χ3n) is 6.29. The Labute approximate surface area is 225 Å². The predicted molar refractivity (Wildman–Crippen MR) is 151 cm³/mol. The van der Waals surface area contributed by atoms with Gasteiger partial charge < -0.3 is 29.0 Å². The largest absolute Gasteiger partial charge is 0.573 e. The number of rotatable bonds is 9. The van der Waals surface area contributed by atoms with Crippen LogP contribution in [0.25, 0.3) is 22.2 Å². The van der Waals surface area contributed by atoms with Crippen LogP contribution in [0.3, 0.4) is 0 Å². The van der Waals surface area contributed by atoms with Crippen LogP contribution in [0.2, 0.25) is 0 Å². The summed E-state index contributed by atoms with van der Waals surface area (Å²) in [5.74, 6) is -0.263. The van der Waals surface area contributed by atoms with E-state index < -0.39 is 13.5 Å². The maximum atomic E-state index is 13.3. The Bertz CT molecular complexity index is 1530. The first-order chi connectivity index (χ1) is 18.2. The highest BCUT2D eigenvalue weighted by Crippen LogP contribution is 2.38. The lowest BCUT2D eigenvalue weighted by molar-refractivity contribution is -0.274. The molecule has 0 atom stereocenters. The van der Waals surface area contributed by atoms with Gasteiger partial charge in [0.2, 0.25) is 5.95 Å². The van der Waals surface area contributed by atoms with Gasteiger partial charge in [0.15, 0.2) is 5.75 Å². The first-order valence-corrected chi connectivity index (χ1v) is 14.8. The maximum Gasteiger partial charge on any atom is 0.573 e. The SMILES string of the molecule is CN(C)CCN(C)c1ccc(Nc2nccc(-c3cn(C)c4cc(P(C)(C)=O)ccc34)n2)c(OC(F)(F)F)c1.